The molecule has 0 bridgehead atoms. The molecule has 4 heterocycles. The second kappa shape index (κ2) is 9.41. The molecular formula is C22H31N5O2. The van der Waals surface area contributed by atoms with Crippen LogP contribution in [0.3, 0.4) is 0 Å². The molecule has 0 radical (unpaired) electrons. The fraction of sp³-hybridized carbons (Fsp3) is 0.545. The molecule has 7 nitrogen and oxygen atoms in total. The van der Waals surface area contributed by atoms with Crippen molar-refractivity contribution in [2.24, 2.45) is 0 Å². The van der Waals surface area contributed by atoms with E-state index in [0.717, 1.165) is 51.6 Å². The highest BCUT2D eigenvalue weighted by Crippen LogP contribution is 2.21. The number of piperazine rings is 1. The molecule has 2 aliphatic heterocycles. The van der Waals surface area contributed by atoms with E-state index in [9.17, 15) is 4.79 Å². The fourth-order valence-corrected chi connectivity index (χ4v) is 4.45. The molecule has 1 amide bonds. The van der Waals surface area contributed by atoms with Crippen LogP contribution in [-0.2, 0) is 11.3 Å². The van der Waals surface area contributed by atoms with Crippen molar-refractivity contribution in [3.63, 3.8) is 0 Å². The maximum atomic E-state index is 11.9. The summed E-state index contributed by atoms with van der Waals surface area (Å²) in [6.07, 6.45) is 6.21. The monoisotopic (exact) mass is 397 g/mol. The first-order chi connectivity index (χ1) is 14.2. The summed E-state index contributed by atoms with van der Waals surface area (Å²) in [6.45, 7) is 8.83. The number of nitrogens with zero attached hydrogens (tertiary/aromatic N) is 5. The van der Waals surface area contributed by atoms with E-state index < -0.39 is 0 Å². The summed E-state index contributed by atoms with van der Waals surface area (Å²) in [7, 11) is 0. The Labute approximate surface area is 172 Å². The Kier molecular flexibility index (Phi) is 6.46. The molecule has 2 aromatic rings. The van der Waals surface area contributed by atoms with Crippen LogP contribution in [0, 0.1) is 0 Å². The highest BCUT2D eigenvalue weighted by Gasteiger charge is 2.30. The predicted molar refractivity (Wildman–Crippen MR) is 112 cm³/mol. The highest BCUT2D eigenvalue weighted by atomic mass is 16.6. The molecular weight excluding hydrogens is 366 g/mol. The van der Waals surface area contributed by atoms with Crippen LogP contribution < -0.4 is 0 Å². The first kappa shape index (κ1) is 19.9. The molecule has 2 saturated heterocycles. The molecule has 0 aliphatic carbocycles. The van der Waals surface area contributed by atoms with Gasteiger partial charge in [0.25, 0.3) is 0 Å². The van der Waals surface area contributed by atoms with Crippen LogP contribution in [0.4, 0.5) is 4.79 Å². The molecule has 156 valence electrons. The lowest BCUT2D eigenvalue weighted by Crippen LogP contribution is -2.55. The number of amides is 1. The van der Waals surface area contributed by atoms with Crippen LogP contribution in [0.2, 0.25) is 0 Å². The number of ether oxygens (including phenoxy) is 1. The van der Waals surface area contributed by atoms with Gasteiger partial charge in [0.1, 0.15) is 5.82 Å². The van der Waals surface area contributed by atoms with Gasteiger partial charge in [0.2, 0.25) is 0 Å². The summed E-state index contributed by atoms with van der Waals surface area (Å²) in [5.41, 5.74) is 1.27. The lowest BCUT2D eigenvalue weighted by molar-refractivity contribution is 0.0409. The van der Waals surface area contributed by atoms with Crippen molar-refractivity contribution in [2.75, 3.05) is 45.9 Å². The lowest BCUT2D eigenvalue weighted by atomic mass is 10.0. The smallest absolute Gasteiger partial charge is 0.409 e. The van der Waals surface area contributed by atoms with Gasteiger partial charge in [-0.05, 0) is 50.6 Å². The Hall–Kier alpha value is -2.38. The van der Waals surface area contributed by atoms with E-state index in [1.165, 1.54) is 18.5 Å². The first-order valence-corrected chi connectivity index (χ1v) is 10.7. The van der Waals surface area contributed by atoms with Crippen LogP contribution in [0.25, 0.3) is 5.82 Å². The number of carbonyl (C=O) groups is 1. The molecule has 1 atom stereocenters. The summed E-state index contributed by atoms with van der Waals surface area (Å²) in [4.78, 5) is 23.4. The zero-order valence-electron chi connectivity index (χ0n) is 17.2. The van der Waals surface area contributed by atoms with Crippen LogP contribution in [0.15, 0.2) is 42.7 Å². The van der Waals surface area contributed by atoms with Gasteiger partial charge in [0, 0.05) is 63.4 Å². The molecule has 2 fully saturated rings. The second-order valence-electron chi connectivity index (χ2n) is 7.81. The Morgan fingerprint density at radius 3 is 2.76 bits per heavy atom. The maximum absolute atomic E-state index is 11.9. The number of hydrogen-bond donors (Lipinski definition) is 0. The van der Waals surface area contributed by atoms with E-state index in [0.29, 0.717) is 12.6 Å². The van der Waals surface area contributed by atoms with Crippen LogP contribution in [-0.4, -0.2) is 82.3 Å². The third-order valence-electron chi connectivity index (χ3n) is 5.95. The molecule has 0 N–H and O–H groups in total. The normalized spacial score (nSPS) is 21.3. The van der Waals surface area contributed by atoms with Gasteiger partial charge >= 0.3 is 6.09 Å². The quantitative estimate of drug-likeness (QED) is 0.776. The average molecular weight is 398 g/mol. The Morgan fingerprint density at radius 2 is 2.00 bits per heavy atom. The summed E-state index contributed by atoms with van der Waals surface area (Å²) < 4.78 is 7.32. The molecule has 2 aliphatic rings. The molecule has 0 saturated carbocycles. The minimum atomic E-state index is -0.173. The van der Waals surface area contributed by atoms with Crippen molar-refractivity contribution in [1.82, 2.24) is 24.3 Å². The topological polar surface area (TPSA) is 53.8 Å². The van der Waals surface area contributed by atoms with E-state index >= 15 is 0 Å². The molecule has 7 heteroatoms. The SMILES string of the molecule is CCOC(=O)N1CCN([C@@H]2CCCN(Cc3cccn3-c3ccccn3)C2)CC1. The van der Waals surface area contributed by atoms with Crippen LogP contribution >= 0.6 is 0 Å². The Balaban J connectivity index is 1.33. The molecule has 0 unspecified atom stereocenters. The van der Waals surface area contributed by atoms with Crippen molar-refractivity contribution in [2.45, 2.75) is 32.4 Å². The zero-order valence-corrected chi connectivity index (χ0v) is 17.2. The van der Waals surface area contributed by atoms with Crippen molar-refractivity contribution >= 4 is 6.09 Å². The Morgan fingerprint density at radius 1 is 1.14 bits per heavy atom. The maximum Gasteiger partial charge on any atom is 0.409 e. The van der Waals surface area contributed by atoms with Crippen LogP contribution in [0.5, 0.6) is 0 Å². The molecule has 29 heavy (non-hydrogen) atoms. The van der Waals surface area contributed by atoms with Gasteiger partial charge in [-0.3, -0.25) is 9.80 Å². The van der Waals surface area contributed by atoms with Gasteiger partial charge < -0.3 is 14.2 Å². The van der Waals surface area contributed by atoms with E-state index in [1.807, 2.05) is 36.2 Å². The summed E-state index contributed by atoms with van der Waals surface area (Å²) in [5.74, 6) is 0.969. The number of piperidine rings is 1. The van der Waals surface area contributed by atoms with Gasteiger partial charge in [-0.15, -0.1) is 0 Å². The van der Waals surface area contributed by atoms with Crippen molar-refractivity contribution in [1.29, 1.82) is 0 Å². The zero-order chi connectivity index (χ0) is 20.1. The molecule has 4 rings (SSSR count). The van der Waals surface area contributed by atoms with Gasteiger partial charge in [0.15, 0.2) is 0 Å². The van der Waals surface area contributed by atoms with Crippen LogP contribution in [0.1, 0.15) is 25.5 Å². The van der Waals surface area contributed by atoms with Gasteiger partial charge in [-0.25, -0.2) is 9.78 Å². The molecule has 0 spiro atoms. The minimum absolute atomic E-state index is 0.173. The van der Waals surface area contributed by atoms with Gasteiger partial charge in [-0.2, -0.15) is 0 Å². The number of aromatic nitrogens is 2. The van der Waals surface area contributed by atoms with Crippen molar-refractivity contribution in [3.8, 4) is 5.82 Å². The minimum Gasteiger partial charge on any atom is -0.450 e. The van der Waals surface area contributed by atoms with E-state index in [-0.39, 0.29) is 6.09 Å². The number of hydrogen-bond acceptors (Lipinski definition) is 5. The third-order valence-corrected chi connectivity index (χ3v) is 5.95. The van der Waals surface area contributed by atoms with Crippen molar-refractivity contribution in [3.05, 3.63) is 48.4 Å². The largest absolute Gasteiger partial charge is 0.450 e. The summed E-state index contributed by atoms with van der Waals surface area (Å²) >= 11 is 0. The number of rotatable bonds is 5. The molecule has 0 aromatic carbocycles. The van der Waals surface area contributed by atoms with Gasteiger partial charge in [0.05, 0.1) is 6.61 Å². The first-order valence-electron chi connectivity index (χ1n) is 10.7. The van der Waals surface area contributed by atoms with Gasteiger partial charge in [-0.1, -0.05) is 6.07 Å². The Bertz CT molecular complexity index is 786. The molecule has 2 aromatic heterocycles. The van der Waals surface area contributed by atoms with E-state index in [4.69, 9.17) is 4.74 Å². The fourth-order valence-electron chi connectivity index (χ4n) is 4.45. The third kappa shape index (κ3) is 4.79. The highest BCUT2D eigenvalue weighted by molar-refractivity contribution is 5.67. The number of pyridine rings is 1. The van der Waals surface area contributed by atoms with Crippen molar-refractivity contribution < 1.29 is 9.53 Å². The number of likely N-dealkylation sites (tertiary alicyclic amines) is 1. The summed E-state index contributed by atoms with van der Waals surface area (Å²) in [5, 5.41) is 0. The van der Waals surface area contributed by atoms with E-state index in [1.54, 1.807) is 0 Å². The predicted octanol–water partition coefficient (Wildman–Crippen LogP) is 2.61. The van der Waals surface area contributed by atoms with E-state index in [2.05, 4.69) is 37.7 Å². The lowest BCUT2D eigenvalue weighted by Gasteiger charge is -2.43. The average Bonchev–Trinajstić information content (AvgIpc) is 3.23. The standard InChI is InChI=1S/C22H31N5O2/c1-2-29-22(28)26-15-13-25(14-16-26)19-7-5-11-24(17-19)18-20-8-6-12-27(20)21-9-3-4-10-23-21/h3-4,6,8-10,12,19H,2,5,7,11,13-18H2,1H3/t19-/m1/s1. The number of carbonyl (C=O) groups excluding carboxylic acids is 1. The second-order valence-corrected chi connectivity index (χ2v) is 7.81. The summed E-state index contributed by atoms with van der Waals surface area (Å²) in [6, 6.07) is 10.9.